The van der Waals surface area contributed by atoms with Gasteiger partial charge in [0.05, 0.1) is 6.10 Å². The molecule has 2 aliphatic rings. The van der Waals surface area contributed by atoms with E-state index in [2.05, 4.69) is 20.2 Å². The van der Waals surface area contributed by atoms with Gasteiger partial charge in [0.15, 0.2) is 0 Å². The molecule has 0 amide bonds. The van der Waals surface area contributed by atoms with Crippen LogP contribution in [-0.4, -0.2) is 40.3 Å². The maximum Gasteiger partial charge on any atom is 0.224 e. The summed E-state index contributed by atoms with van der Waals surface area (Å²) in [5.41, 5.74) is 0.981. The number of rotatable bonds is 2. The third-order valence-corrected chi connectivity index (χ3v) is 4.04. The van der Waals surface area contributed by atoms with Gasteiger partial charge < -0.3 is 15.3 Å². The lowest BCUT2D eigenvalue weighted by Crippen LogP contribution is -2.45. The number of fused-ring (bicyclic) bond motifs is 2. The van der Waals surface area contributed by atoms with Gasteiger partial charge in [0.25, 0.3) is 0 Å². The van der Waals surface area contributed by atoms with Gasteiger partial charge in [0.2, 0.25) is 5.95 Å². The molecule has 2 fully saturated rings. The van der Waals surface area contributed by atoms with Gasteiger partial charge in [-0.1, -0.05) is 0 Å². The van der Waals surface area contributed by atoms with Crippen molar-refractivity contribution in [1.29, 1.82) is 0 Å². The molecule has 2 unspecified atom stereocenters. The molecule has 5 heteroatoms. The normalized spacial score (nSPS) is 30.6. The van der Waals surface area contributed by atoms with Crippen LogP contribution < -0.4 is 10.2 Å². The minimum atomic E-state index is -0.134. The summed E-state index contributed by atoms with van der Waals surface area (Å²) in [5.74, 6) is 1.68. The molecular formula is C13H20N4O. The Morgan fingerprint density at radius 3 is 2.56 bits per heavy atom. The van der Waals surface area contributed by atoms with E-state index >= 15 is 0 Å². The van der Waals surface area contributed by atoms with Crippen molar-refractivity contribution >= 4 is 11.8 Å². The fraction of sp³-hybridized carbons (Fsp3) is 0.692. The summed E-state index contributed by atoms with van der Waals surface area (Å²) < 4.78 is 0. The summed E-state index contributed by atoms with van der Waals surface area (Å²) in [6, 6.07) is 2.93. The predicted molar refractivity (Wildman–Crippen MR) is 70.8 cm³/mol. The number of hydrogen-bond acceptors (Lipinski definition) is 5. The maximum absolute atomic E-state index is 9.84. The Kier molecular flexibility index (Phi) is 2.86. The number of nitrogens with zero attached hydrogens (tertiary/aromatic N) is 3. The Hall–Kier alpha value is -1.36. The second kappa shape index (κ2) is 4.39. The molecule has 0 aromatic carbocycles. The molecular weight excluding hydrogens is 228 g/mol. The smallest absolute Gasteiger partial charge is 0.224 e. The molecule has 2 aliphatic heterocycles. The summed E-state index contributed by atoms with van der Waals surface area (Å²) in [5, 5.41) is 12.8. The predicted octanol–water partition coefficient (Wildman–Crippen LogP) is 1.32. The first-order chi connectivity index (χ1) is 8.67. The van der Waals surface area contributed by atoms with E-state index in [4.69, 9.17) is 0 Å². The number of aliphatic hydroxyl groups excluding tert-OH is 1. The largest absolute Gasteiger partial charge is 0.393 e. The van der Waals surface area contributed by atoms with Crippen molar-refractivity contribution in [3.8, 4) is 0 Å². The van der Waals surface area contributed by atoms with Crippen LogP contribution in [0.25, 0.3) is 0 Å². The minimum absolute atomic E-state index is 0.134. The lowest BCUT2D eigenvalue weighted by atomic mass is 10.00. The Bertz CT molecular complexity index is 437. The van der Waals surface area contributed by atoms with Crippen molar-refractivity contribution in [3.63, 3.8) is 0 Å². The van der Waals surface area contributed by atoms with Crippen LogP contribution in [0.3, 0.4) is 0 Å². The Morgan fingerprint density at radius 1 is 1.28 bits per heavy atom. The van der Waals surface area contributed by atoms with E-state index in [0.717, 1.165) is 24.4 Å². The van der Waals surface area contributed by atoms with Gasteiger partial charge in [0.1, 0.15) is 5.82 Å². The van der Waals surface area contributed by atoms with E-state index in [0.29, 0.717) is 18.0 Å². The van der Waals surface area contributed by atoms with E-state index in [1.54, 1.807) is 0 Å². The molecule has 0 saturated carbocycles. The van der Waals surface area contributed by atoms with Gasteiger partial charge >= 0.3 is 0 Å². The summed E-state index contributed by atoms with van der Waals surface area (Å²) in [6.45, 7) is 1.99. The number of piperidine rings is 1. The molecule has 5 nitrogen and oxygen atoms in total. The van der Waals surface area contributed by atoms with Gasteiger partial charge in [-0.2, -0.15) is 4.98 Å². The summed E-state index contributed by atoms with van der Waals surface area (Å²) in [7, 11) is 1.84. The summed E-state index contributed by atoms with van der Waals surface area (Å²) in [4.78, 5) is 11.3. The van der Waals surface area contributed by atoms with Crippen LogP contribution in [0, 0.1) is 6.92 Å². The number of anilines is 2. The van der Waals surface area contributed by atoms with Gasteiger partial charge in [-0.15, -0.1) is 0 Å². The van der Waals surface area contributed by atoms with Gasteiger partial charge in [-0.05, 0) is 32.6 Å². The number of nitrogens with one attached hydrogen (secondary N) is 1. The zero-order valence-corrected chi connectivity index (χ0v) is 10.9. The molecule has 1 aromatic rings. The van der Waals surface area contributed by atoms with E-state index in [1.165, 1.54) is 12.8 Å². The van der Waals surface area contributed by atoms with Crippen molar-refractivity contribution in [2.24, 2.45) is 0 Å². The summed E-state index contributed by atoms with van der Waals surface area (Å²) >= 11 is 0. The molecule has 3 rings (SSSR count). The second-order valence-corrected chi connectivity index (χ2v) is 5.36. The van der Waals surface area contributed by atoms with Crippen LogP contribution >= 0.6 is 0 Å². The average molecular weight is 248 g/mol. The highest BCUT2D eigenvalue weighted by Gasteiger charge is 2.40. The highest BCUT2D eigenvalue weighted by atomic mass is 16.3. The van der Waals surface area contributed by atoms with Crippen LogP contribution in [0.2, 0.25) is 0 Å². The quantitative estimate of drug-likeness (QED) is 0.826. The molecule has 2 saturated heterocycles. The summed E-state index contributed by atoms with van der Waals surface area (Å²) in [6.07, 6.45) is 3.94. The fourth-order valence-corrected chi connectivity index (χ4v) is 3.32. The van der Waals surface area contributed by atoms with Crippen LogP contribution in [0.15, 0.2) is 6.07 Å². The molecule has 98 valence electrons. The lowest BCUT2D eigenvalue weighted by molar-refractivity contribution is 0.126. The Balaban J connectivity index is 1.93. The zero-order chi connectivity index (χ0) is 12.7. The van der Waals surface area contributed by atoms with E-state index < -0.39 is 0 Å². The number of aromatic nitrogens is 2. The van der Waals surface area contributed by atoms with Crippen molar-refractivity contribution in [2.75, 3.05) is 17.3 Å². The first-order valence-electron chi connectivity index (χ1n) is 6.67. The van der Waals surface area contributed by atoms with Gasteiger partial charge in [-0.3, -0.25) is 0 Å². The molecule has 2 bridgehead atoms. The van der Waals surface area contributed by atoms with Crippen molar-refractivity contribution in [1.82, 2.24) is 9.97 Å². The first-order valence-corrected chi connectivity index (χ1v) is 6.67. The molecule has 2 N–H and O–H groups in total. The van der Waals surface area contributed by atoms with Crippen LogP contribution in [0.4, 0.5) is 11.8 Å². The van der Waals surface area contributed by atoms with Crippen molar-refractivity contribution in [2.45, 2.75) is 50.8 Å². The second-order valence-electron chi connectivity index (χ2n) is 5.36. The van der Waals surface area contributed by atoms with Crippen molar-refractivity contribution in [3.05, 3.63) is 11.8 Å². The molecule has 0 spiro atoms. The third kappa shape index (κ3) is 1.92. The average Bonchev–Trinajstić information content (AvgIpc) is 2.61. The maximum atomic E-state index is 9.84. The molecule has 2 atom stereocenters. The Morgan fingerprint density at radius 2 is 1.94 bits per heavy atom. The topological polar surface area (TPSA) is 61.3 Å². The molecule has 18 heavy (non-hydrogen) atoms. The van der Waals surface area contributed by atoms with Gasteiger partial charge in [-0.25, -0.2) is 4.98 Å². The third-order valence-electron chi connectivity index (χ3n) is 4.04. The lowest BCUT2D eigenvalue weighted by Gasteiger charge is -2.38. The minimum Gasteiger partial charge on any atom is -0.393 e. The monoisotopic (exact) mass is 248 g/mol. The van der Waals surface area contributed by atoms with Crippen LogP contribution in [0.5, 0.6) is 0 Å². The number of aryl methyl sites for hydroxylation is 1. The fourth-order valence-electron chi connectivity index (χ4n) is 3.32. The Labute approximate surface area is 107 Å². The molecule has 0 aliphatic carbocycles. The van der Waals surface area contributed by atoms with Gasteiger partial charge in [0, 0.05) is 30.9 Å². The number of hydrogen-bond donors (Lipinski definition) is 2. The molecule has 1 aromatic heterocycles. The molecule has 0 radical (unpaired) electrons. The van der Waals surface area contributed by atoms with Crippen molar-refractivity contribution < 1.29 is 5.11 Å². The highest BCUT2D eigenvalue weighted by molar-refractivity contribution is 5.48. The first kappa shape index (κ1) is 11.7. The molecule has 3 heterocycles. The van der Waals surface area contributed by atoms with Crippen LogP contribution in [-0.2, 0) is 0 Å². The number of aliphatic hydroxyl groups is 1. The zero-order valence-electron chi connectivity index (χ0n) is 10.9. The van der Waals surface area contributed by atoms with Crippen LogP contribution in [0.1, 0.15) is 31.4 Å². The standard InChI is InChI=1S/C13H20N4O/c1-8-5-12(16-13(14-2)15-8)17-9-3-4-10(17)7-11(18)6-9/h5,9-11,18H,3-4,6-7H2,1-2H3,(H,14,15,16). The highest BCUT2D eigenvalue weighted by Crippen LogP contribution is 2.38. The van der Waals surface area contributed by atoms with E-state index in [1.807, 2.05) is 20.0 Å². The van der Waals surface area contributed by atoms with E-state index in [9.17, 15) is 5.11 Å². The SMILES string of the molecule is CNc1nc(C)cc(N2C3CCC2CC(O)C3)n1. The van der Waals surface area contributed by atoms with E-state index in [-0.39, 0.29) is 6.10 Å².